The first-order valence-corrected chi connectivity index (χ1v) is 17.2. The van der Waals surface area contributed by atoms with Crippen molar-refractivity contribution in [3.8, 4) is 11.5 Å². The summed E-state index contributed by atoms with van der Waals surface area (Å²) < 4.78 is 5.95. The van der Waals surface area contributed by atoms with Gasteiger partial charge in [-0.3, -0.25) is 14.4 Å². The van der Waals surface area contributed by atoms with E-state index in [1.807, 2.05) is 24.3 Å². The second-order valence-corrected chi connectivity index (χ2v) is 13.5. The number of hydrogen-bond acceptors (Lipinski definition) is 8. The van der Waals surface area contributed by atoms with Crippen LogP contribution < -0.4 is 15.5 Å². The summed E-state index contributed by atoms with van der Waals surface area (Å²) in [5, 5.41) is 14.2. The van der Waals surface area contributed by atoms with Gasteiger partial charge in [-0.25, -0.2) is 4.79 Å². The monoisotopic (exact) mass is 646 g/mol. The molecule has 47 heavy (non-hydrogen) atoms. The number of aliphatic hydroxyl groups is 1. The number of piperazine rings is 1. The Morgan fingerprint density at radius 1 is 0.936 bits per heavy atom. The van der Waals surface area contributed by atoms with Crippen LogP contribution in [0.4, 0.5) is 0 Å². The Hall–Kier alpha value is -3.96. The van der Waals surface area contributed by atoms with Gasteiger partial charge in [0.2, 0.25) is 11.8 Å². The van der Waals surface area contributed by atoms with Crippen LogP contribution in [0, 0.1) is 5.92 Å². The molecule has 8 rings (SSSR count). The van der Waals surface area contributed by atoms with Crippen molar-refractivity contribution in [1.29, 1.82) is 0 Å². The summed E-state index contributed by atoms with van der Waals surface area (Å²) in [4.78, 5) is 62.6. The van der Waals surface area contributed by atoms with E-state index in [1.54, 1.807) is 29.2 Å². The van der Waals surface area contributed by atoms with Gasteiger partial charge in [-0.1, -0.05) is 44.7 Å². The number of ether oxygens (including phenoxy) is 1. The molecule has 5 aliphatic heterocycles. The molecule has 0 aromatic heterocycles. The van der Waals surface area contributed by atoms with Crippen molar-refractivity contribution >= 4 is 23.7 Å². The third-order valence-electron chi connectivity index (χ3n) is 10.5. The van der Waals surface area contributed by atoms with E-state index in [-0.39, 0.29) is 30.1 Å². The van der Waals surface area contributed by atoms with Crippen molar-refractivity contribution < 1.29 is 33.9 Å². The molecule has 3 amide bonds. The van der Waals surface area contributed by atoms with Crippen LogP contribution in [-0.2, 0) is 19.2 Å². The maximum Gasteiger partial charge on any atom is 0.332 e. The van der Waals surface area contributed by atoms with E-state index in [2.05, 4.69) is 22.6 Å². The van der Waals surface area contributed by atoms with Crippen molar-refractivity contribution in [1.82, 2.24) is 20.6 Å². The van der Waals surface area contributed by atoms with Crippen LogP contribution in [0.25, 0.3) is 0 Å². The fourth-order valence-corrected chi connectivity index (χ4v) is 7.68. The van der Waals surface area contributed by atoms with Crippen LogP contribution in [0.3, 0.4) is 0 Å². The fraction of sp³-hybridized carbons (Fsp3) is 0.556. The van der Waals surface area contributed by atoms with Gasteiger partial charge in [-0.2, -0.15) is 5.48 Å². The van der Waals surface area contributed by atoms with Crippen LogP contribution >= 0.6 is 0 Å². The molecule has 3 atom stereocenters. The Balaban J connectivity index is 1.16. The quantitative estimate of drug-likeness (QED) is 0.410. The van der Waals surface area contributed by atoms with Crippen molar-refractivity contribution in [2.75, 3.05) is 26.2 Å². The van der Waals surface area contributed by atoms with Gasteiger partial charge in [-0.05, 0) is 80.0 Å². The van der Waals surface area contributed by atoms with Crippen LogP contribution in [0.15, 0.2) is 48.5 Å². The number of likely N-dealkylation sites (tertiary alicyclic amines) is 1. The van der Waals surface area contributed by atoms with Crippen LogP contribution in [0.2, 0.25) is 0 Å². The highest BCUT2D eigenvalue weighted by molar-refractivity contribution is 6.00. The highest BCUT2D eigenvalue weighted by Crippen LogP contribution is 2.37. The van der Waals surface area contributed by atoms with Crippen molar-refractivity contribution in [2.45, 2.75) is 94.7 Å². The molecule has 2 aromatic rings. The molecule has 6 aliphatic rings. The van der Waals surface area contributed by atoms with Crippen molar-refractivity contribution in [3.05, 3.63) is 59.7 Å². The summed E-state index contributed by atoms with van der Waals surface area (Å²) in [5.41, 5.74) is 2.54. The molecule has 252 valence electrons. The van der Waals surface area contributed by atoms with Crippen molar-refractivity contribution in [2.24, 2.45) is 5.92 Å². The summed E-state index contributed by atoms with van der Waals surface area (Å²) >= 11 is 0. The lowest BCUT2D eigenvalue weighted by Gasteiger charge is -2.53. The first-order chi connectivity index (χ1) is 22.8. The number of carbonyl (C=O) groups is 4. The van der Waals surface area contributed by atoms with Crippen LogP contribution in [0.5, 0.6) is 11.5 Å². The molecule has 2 saturated heterocycles. The second-order valence-electron chi connectivity index (χ2n) is 13.5. The van der Waals surface area contributed by atoms with Gasteiger partial charge < -0.3 is 29.8 Å². The van der Waals surface area contributed by atoms with E-state index >= 15 is 0 Å². The number of carbonyl (C=O) groups excluding carboxylic acids is 4. The van der Waals surface area contributed by atoms with E-state index in [1.165, 1.54) is 0 Å². The molecule has 1 aliphatic carbocycles. The van der Waals surface area contributed by atoms with E-state index in [0.29, 0.717) is 56.1 Å². The van der Waals surface area contributed by atoms with Gasteiger partial charge in [0.25, 0.3) is 5.91 Å². The third kappa shape index (κ3) is 7.16. The van der Waals surface area contributed by atoms with E-state index < -0.39 is 29.6 Å². The molecular weight excluding hydrogens is 600 g/mol. The Bertz CT molecular complexity index is 1430. The van der Waals surface area contributed by atoms with Gasteiger partial charge >= 0.3 is 5.97 Å². The number of piperidine rings is 1. The number of nitrogens with zero attached hydrogens (tertiary/aromatic N) is 2. The van der Waals surface area contributed by atoms with E-state index in [0.717, 1.165) is 50.5 Å². The van der Waals surface area contributed by atoms with Gasteiger partial charge in [0.15, 0.2) is 0 Å². The molecule has 2 aromatic carbocycles. The number of benzene rings is 2. The molecule has 11 nitrogen and oxygen atoms in total. The molecule has 1 spiro atoms. The lowest BCUT2D eigenvalue weighted by molar-refractivity contribution is -0.166. The van der Waals surface area contributed by atoms with Gasteiger partial charge in [0, 0.05) is 37.7 Å². The zero-order valence-electron chi connectivity index (χ0n) is 27.1. The molecular formula is C36H46N4O7. The lowest BCUT2D eigenvalue weighted by atomic mass is 9.77. The Morgan fingerprint density at radius 3 is 2.26 bits per heavy atom. The Morgan fingerprint density at radius 2 is 1.60 bits per heavy atom. The summed E-state index contributed by atoms with van der Waals surface area (Å²) in [6.07, 6.45) is 6.69. The number of unbranched alkanes of at least 4 members (excludes halogenated alkanes) is 1. The predicted octanol–water partition coefficient (Wildman–Crippen LogP) is 4.06. The zero-order chi connectivity index (χ0) is 33.0. The maximum atomic E-state index is 14.0. The fourth-order valence-electron chi connectivity index (χ4n) is 7.68. The number of hydroxylamine groups is 1. The topological polar surface area (TPSA) is 138 Å². The first kappa shape index (κ1) is 33.0. The van der Waals surface area contributed by atoms with E-state index in [9.17, 15) is 24.3 Å². The molecule has 5 heterocycles. The number of hydrogen-bond donors (Lipinski definition) is 3. The normalized spacial score (nSPS) is 24.6. The van der Waals surface area contributed by atoms with Gasteiger partial charge in [0.1, 0.15) is 23.1 Å². The largest absolute Gasteiger partial charge is 0.457 e. The third-order valence-corrected chi connectivity index (χ3v) is 10.5. The van der Waals surface area contributed by atoms with Crippen LogP contribution in [0.1, 0.15) is 93.0 Å². The average Bonchev–Trinajstić information content (AvgIpc) is 3.10. The first-order valence-electron chi connectivity index (χ1n) is 17.2. The van der Waals surface area contributed by atoms with Gasteiger partial charge in [-0.15, -0.1) is 0 Å². The summed E-state index contributed by atoms with van der Waals surface area (Å²) in [6, 6.07) is 13.2. The minimum absolute atomic E-state index is 0.0211. The van der Waals surface area contributed by atoms with E-state index in [4.69, 9.17) is 9.57 Å². The molecule has 3 fully saturated rings. The minimum atomic E-state index is -0.966. The molecule has 0 unspecified atom stereocenters. The standard InChI is InChI=1S/C36H46N4O7/c1-2-3-19-40-34(44)31(32(42)25-7-5-4-6-8-25)37-35(45)36(40)17-20-39(21-18-36)23-27-22-30(41)47-38-33(43)26-11-15-29(16-12-26)46-28-13-9-24(27)10-14-28/h9-16,25,27,31-32,42H,2-8,17-23H2,1H3,(H,37,45)(H,38,43)/t27-,31+,32+/m0/s1. The molecule has 1 saturated carbocycles. The maximum absolute atomic E-state index is 14.0. The second kappa shape index (κ2) is 14.4. The Kier molecular flexibility index (Phi) is 10.1. The predicted molar refractivity (Wildman–Crippen MR) is 173 cm³/mol. The molecule has 11 heteroatoms. The molecule has 0 radical (unpaired) electrons. The summed E-state index contributed by atoms with van der Waals surface area (Å²) in [5.74, 6) is -0.462. The zero-order valence-corrected chi connectivity index (χ0v) is 27.1. The Labute approximate surface area is 275 Å². The summed E-state index contributed by atoms with van der Waals surface area (Å²) in [7, 11) is 0. The lowest BCUT2D eigenvalue weighted by Crippen LogP contribution is -2.75. The highest BCUT2D eigenvalue weighted by Gasteiger charge is 2.55. The summed E-state index contributed by atoms with van der Waals surface area (Å²) in [6.45, 7) is 4.17. The number of aliphatic hydroxyl groups excluding tert-OH is 1. The average molecular weight is 647 g/mol. The SMILES string of the molecule is CCCCN1C(=O)[C@@H]([C@H](O)C2CCCCC2)NC(=O)C12CCN(C[C@@H]1CC(=O)ONC(=O)c3ccc(cc3)Oc3ccc1cc3)CC2. The van der Waals surface area contributed by atoms with Crippen LogP contribution in [-0.4, -0.2) is 82.5 Å². The smallest absolute Gasteiger partial charge is 0.332 e. The minimum Gasteiger partial charge on any atom is -0.457 e. The molecule has 4 bridgehead atoms. The number of amides is 3. The number of nitrogens with one attached hydrogen (secondary N) is 2. The van der Waals surface area contributed by atoms with Gasteiger partial charge in [0.05, 0.1) is 12.5 Å². The number of rotatable bonds is 7. The highest BCUT2D eigenvalue weighted by atomic mass is 16.7. The van der Waals surface area contributed by atoms with Crippen molar-refractivity contribution in [3.63, 3.8) is 0 Å². The number of fused-ring (bicyclic) bond motifs is 2. The molecule has 3 N–H and O–H groups in total.